The van der Waals surface area contributed by atoms with Crippen molar-refractivity contribution in [2.24, 2.45) is 0 Å². The van der Waals surface area contributed by atoms with E-state index in [-0.39, 0.29) is 12.5 Å². The van der Waals surface area contributed by atoms with E-state index >= 15 is 0 Å². The standard InChI is InChI=1S/C21H24N4O2/c1-17-5-7-19(8-6-17)27-16-21(26)24-12-10-23(11-13-24)15-18-14-22-20-4-2-3-9-25(18)20/h2-9,14H,10-13,15-16H2,1H3. The maximum Gasteiger partial charge on any atom is 0.260 e. The fourth-order valence-electron chi connectivity index (χ4n) is 3.36. The Morgan fingerprint density at radius 2 is 1.85 bits per heavy atom. The van der Waals surface area contributed by atoms with Crippen molar-refractivity contribution >= 4 is 11.6 Å². The van der Waals surface area contributed by atoms with Gasteiger partial charge in [-0.2, -0.15) is 0 Å². The van der Waals surface area contributed by atoms with Gasteiger partial charge >= 0.3 is 0 Å². The summed E-state index contributed by atoms with van der Waals surface area (Å²) < 4.78 is 7.74. The van der Waals surface area contributed by atoms with Crippen LogP contribution in [0.4, 0.5) is 0 Å². The number of aryl methyl sites for hydroxylation is 1. The Labute approximate surface area is 159 Å². The molecule has 0 saturated carbocycles. The Bertz CT molecular complexity index is 911. The third-order valence-electron chi connectivity index (χ3n) is 4.99. The number of rotatable bonds is 5. The highest BCUT2D eigenvalue weighted by molar-refractivity contribution is 5.77. The average Bonchev–Trinajstić information content (AvgIpc) is 3.11. The maximum atomic E-state index is 12.4. The molecule has 0 spiro atoms. The topological polar surface area (TPSA) is 50.1 Å². The second-order valence-corrected chi connectivity index (χ2v) is 6.94. The molecule has 6 heteroatoms. The summed E-state index contributed by atoms with van der Waals surface area (Å²) in [5, 5.41) is 0. The Kier molecular flexibility index (Phi) is 5.07. The van der Waals surface area contributed by atoms with Crippen LogP contribution in [0.25, 0.3) is 5.65 Å². The summed E-state index contributed by atoms with van der Waals surface area (Å²) in [4.78, 5) is 21.1. The minimum atomic E-state index is 0.0463. The summed E-state index contributed by atoms with van der Waals surface area (Å²) in [6.07, 6.45) is 3.97. The lowest BCUT2D eigenvalue weighted by Crippen LogP contribution is -2.49. The molecule has 1 fully saturated rings. The van der Waals surface area contributed by atoms with Gasteiger partial charge in [-0.05, 0) is 31.2 Å². The molecule has 0 aliphatic carbocycles. The molecule has 3 heterocycles. The van der Waals surface area contributed by atoms with Crippen LogP contribution in [0.3, 0.4) is 0 Å². The Morgan fingerprint density at radius 3 is 2.63 bits per heavy atom. The molecule has 0 bridgehead atoms. The molecular weight excluding hydrogens is 340 g/mol. The monoisotopic (exact) mass is 364 g/mol. The number of ether oxygens (including phenoxy) is 1. The predicted octanol–water partition coefficient (Wildman–Crippen LogP) is 2.37. The number of piperazine rings is 1. The largest absolute Gasteiger partial charge is 0.484 e. The quantitative estimate of drug-likeness (QED) is 0.697. The summed E-state index contributed by atoms with van der Waals surface area (Å²) in [7, 11) is 0. The van der Waals surface area contributed by atoms with Crippen LogP contribution in [-0.4, -0.2) is 57.9 Å². The molecule has 0 radical (unpaired) electrons. The normalized spacial score (nSPS) is 15.2. The predicted molar refractivity (Wildman–Crippen MR) is 104 cm³/mol. The zero-order chi connectivity index (χ0) is 18.6. The van der Waals surface area contributed by atoms with Gasteiger partial charge < -0.3 is 14.0 Å². The Balaban J connectivity index is 1.27. The third-order valence-corrected chi connectivity index (χ3v) is 4.99. The van der Waals surface area contributed by atoms with Gasteiger partial charge in [0.25, 0.3) is 5.91 Å². The van der Waals surface area contributed by atoms with E-state index in [2.05, 4.69) is 14.3 Å². The number of aromatic nitrogens is 2. The number of hydrogen-bond donors (Lipinski definition) is 0. The number of carbonyl (C=O) groups is 1. The first-order valence-electron chi connectivity index (χ1n) is 9.29. The van der Waals surface area contributed by atoms with E-state index in [4.69, 9.17) is 4.74 Å². The zero-order valence-electron chi connectivity index (χ0n) is 15.5. The smallest absolute Gasteiger partial charge is 0.260 e. The fourth-order valence-corrected chi connectivity index (χ4v) is 3.36. The minimum absolute atomic E-state index is 0.0463. The van der Waals surface area contributed by atoms with E-state index in [1.165, 1.54) is 11.3 Å². The molecule has 1 saturated heterocycles. The number of hydrogen-bond acceptors (Lipinski definition) is 4. The van der Waals surface area contributed by atoms with Gasteiger partial charge in [-0.3, -0.25) is 9.69 Å². The lowest BCUT2D eigenvalue weighted by atomic mass is 10.2. The summed E-state index contributed by atoms with van der Waals surface area (Å²) in [5.74, 6) is 0.783. The van der Waals surface area contributed by atoms with Crippen LogP contribution >= 0.6 is 0 Å². The summed E-state index contributed by atoms with van der Waals surface area (Å²) >= 11 is 0. The molecule has 1 aromatic carbocycles. The number of imidazole rings is 1. The van der Waals surface area contributed by atoms with Gasteiger partial charge in [0.1, 0.15) is 11.4 Å². The molecule has 1 amide bonds. The van der Waals surface area contributed by atoms with E-state index in [1.807, 2.05) is 66.7 Å². The van der Waals surface area contributed by atoms with Crippen LogP contribution in [0.5, 0.6) is 5.75 Å². The van der Waals surface area contributed by atoms with Gasteiger partial charge in [-0.25, -0.2) is 4.98 Å². The number of carbonyl (C=O) groups excluding carboxylic acids is 1. The SMILES string of the molecule is Cc1ccc(OCC(=O)N2CCN(Cc3cnc4ccccn34)CC2)cc1. The molecule has 140 valence electrons. The van der Waals surface area contributed by atoms with E-state index < -0.39 is 0 Å². The van der Waals surface area contributed by atoms with Gasteiger partial charge in [-0.15, -0.1) is 0 Å². The van der Waals surface area contributed by atoms with E-state index in [1.54, 1.807) is 0 Å². The number of amides is 1. The summed E-state index contributed by atoms with van der Waals surface area (Å²) in [6, 6.07) is 13.8. The van der Waals surface area contributed by atoms with Crippen LogP contribution in [0.2, 0.25) is 0 Å². The van der Waals surface area contributed by atoms with Gasteiger partial charge in [0.05, 0.1) is 11.9 Å². The van der Waals surface area contributed by atoms with Crippen molar-refractivity contribution in [3.05, 3.63) is 66.1 Å². The van der Waals surface area contributed by atoms with Crippen LogP contribution in [0, 0.1) is 6.92 Å². The molecule has 2 aromatic heterocycles. The first-order chi connectivity index (χ1) is 13.2. The van der Waals surface area contributed by atoms with Crippen molar-refractivity contribution in [2.75, 3.05) is 32.8 Å². The molecule has 0 N–H and O–H groups in total. The van der Waals surface area contributed by atoms with Crippen LogP contribution in [-0.2, 0) is 11.3 Å². The average molecular weight is 364 g/mol. The zero-order valence-corrected chi connectivity index (χ0v) is 15.5. The number of pyridine rings is 1. The first-order valence-corrected chi connectivity index (χ1v) is 9.29. The molecule has 4 rings (SSSR count). The maximum absolute atomic E-state index is 12.4. The molecule has 27 heavy (non-hydrogen) atoms. The number of nitrogens with zero attached hydrogens (tertiary/aromatic N) is 4. The van der Waals surface area contributed by atoms with E-state index in [0.29, 0.717) is 0 Å². The van der Waals surface area contributed by atoms with Crippen LogP contribution in [0.15, 0.2) is 54.9 Å². The Hall–Kier alpha value is -2.86. The number of fused-ring (bicyclic) bond motifs is 1. The van der Waals surface area contributed by atoms with Gasteiger partial charge in [0, 0.05) is 38.9 Å². The highest BCUT2D eigenvalue weighted by Crippen LogP contribution is 2.13. The summed E-state index contributed by atoms with van der Waals surface area (Å²) in [6.45, 7) is 6.14. The van der Waals surface area contributed by atoms with Crippen LogP contribution < -0.4 is 4.74 Å². The molecule has 1 aliphatic rings. The highest BCUT2D eigenvalue weighted by Gasteiger charge is 2.22. The second kappa shape index (κ2) is 7.80. The van der Waals surface area contributed by atoms with Crippen molar-refractivity contribution in [1.29, 1.82) is 0 Å². The van der Waals surface area contributed by atoms with E-state index in [9.17, 15) is 4.79 Å². The van der Waals surface area contributed by atoms with Crippen molar-refractivity contribution in [1.82, 2.24) is 19.2 Å². The molecule has 0 atom stereocenters. The van der Waals surface area contributed by atoms with Gasteiger partial charge in [-0.1, -0.05) is 23.8 Å². The van der Waals surface area contributed by atoms with Crippen molar-refractivity contribution in [3.8, 4) is 5.75 Å². The first kappa shape index (κ1) is 17.5. The lowest BCUT2D eigenvalue weighted by molar-refractivity contribution is -0.135. The minimum Gasteiger partial charge on any atom is -0.484 e. The van der Waals surface area contributed by atoms with Crippen molar-refractivity contribution in [2.45, 2.75) is 13.5 Å². The summed E-state index contributed by atoms with van der Waals surface area (Å²) in [5.41, 5.74) is 3.32. The second-order valence-electron chi connectivity index (χ2n) is 6.94. The number of benzene rings is 1. The molecule has 3 aromatic rings. The van der Waals surface area contributed by atoms with Gasteiger partial charge in [0.2, 0.25) is 0 Å². The van der Waals surface area contributed by atoms with Crippen molar-refractivity contribution in [3.63, 3.8) is 0 Å². The lowest BCUT2D eigenvalue weighted by Gasteiger charge is -2.34. The molecule has 1 aliphatic heterocycles. The Morgan fingerprint density at radius 1 is 1.07 bits per heavy atom. The van der Waals surface area contributed by atoms with E-state index in [0.717, 1.165) is 44.1 Å². The molecular formula is C21H24N4O2. The fraction of sp³-hybridized carbons (Fsp3) is 0.333. The third kappa shape index (κ3) is 4.11. The molecule has 0 unspecified atom stereocenters. The van der Waals surface area contributed by atoms with Crippen LogP contribution in [0.1, 0.15) is 11.3 Å². The molecule has 6 nitrogen and oxygen atoms in total. The van der Waals surface area contributed by atoms with Crippen molar-refractivity contribution < 1.29 is 9.53 Å². The van der Waals surface area contributed by atoms with Gasteiger partial charge in [0.15, 0.2) is 6.61 Å². The highest BCUT2D eigenvalue weighted by atomic mass is 16.5.